The highest BCUT2D eigenvalue weighted by Gasteiger charge is 2.13. The fourth-order valence-electron chi connectivity index (χ4n) is 0.356. The number of hydrogen-bond acceptors (Lipinski definition) is 6. The molecule has 0 aliphatic heterocycles. The normalized spacial score (nSPS) is 9.56. The number of rotatable bonds is 4. The number of aldehydes is 1. The van der Waals surface area contributed by atoms with Gasteiger partial charge in [-0.25, -0.2) is 9.59 Å². The number of carbonyl (C=O) groups excluding carboxylic acids is 3. The summed E-state index contributed by atoms with van der Waals surface area (Å²) in [7, 11) is 0. The van der Waals surface area contributed by atoms with E-state index >= 15 is 0 Å². The highest BCUT2D eigenvalue weighted by molar-refractivity contribution is 6.32. The van der Waals surface area contributed by atoms with Crippen LogP contribution >= 0.6 is 0 Å². The molecule has 18 heavy (non-hydrogen) atoms. The van der Waals surface area contributed by atoms with Crippen molar-refractivity contribution >= 4 is 29.8 Å². The van der Waals surface area contributed by atoms with Crippen LogP contribution in [0.4, 0.5) is 0 Å². The Hall–Kier alpha value is -2.09. The standard InChI is InChI=1S/C5H8O4.C3H4O3.C2H4O/c1-3(6)2-4(7)5(8)9;1-2(4)3(5)6;1-2-3/h3,6H,2H2,1H3,(H,8,9);1H3,(H,5,6);2H,1H3. The van der Waals surface area contributed by atoms with E-state index in [1.165, 1.54) is 13.8 Å². The smallest absolute Gasteiger partial charge is 0.372 e. The molecular weight excluding hydrogens is 248 g/mol. The van der Waals surface area contributed by atoms with E-state index < -0.39 is 29.6 Å². The zero-order valence-corrected chi connectivity index (χ0v) is 10.2. The summed E-state index contributed by atoms with van der Waals surface area (Å²) < 4.78 is 0. The molecule has 104 valence electrons. The van der Waals surface area contributed by atoms with Crippen LogP contribution in [-0.2, 0) is 24.0 Å². The van der Waals surface area contributed by atoms with Crippen molar-refractivity contribution in [2.24, 2.45) is 0 Å². The van der Waals surface area contributed by atoms with Crippen LogP contribution in [0.25, 0.3) is 0 Å². The second-order valence-electron chi connectivity index (χ2n) is 2.88. The summed E-state index contributed by atoms with van der Waals surface area (Å²) in [6, 6.07) is 0. The Morgan fingerprint density at radius 1 is 1.11 bits per heavy atom. The lowest BCUT2D eigenvalue weighted by Crippen LogP contribution is -2.17. The second-order valence-corrected chi connectivity index (χ2v) is 2.88. The molecule has 0 saturated carbocycles. The number of carboxylic acids is 2. The molecule has 0 aliphatic rings. The van der Waals surface area contributed by atoms with E-state index in [-0.39, 0.29) is 6.42 Å². The molecule has 0 radical (unpaired) electrons. The Morgan fingerprint density at radius 2 is 1.39 bits per heavy atom. The lowest BCUT2D eigenvalue weighted by Gasteiger charge is -1.96. The van der Waals surface area contributed by atoms with Crippen molar-refractivity contribution in [3.8, 4) is 0 Å². The average molecular weight is 264 g/mol. The van der Waals surface area contributed by atoms with Crippen molar-refractivity contribution in [1.29, 1.82) is 0 Å². The summed E-state index contributed by atoms with van der Waals surface area (Å²) in [5, 5.41) is 24.1. The maximum atomic E-state index is 10.2. The molecule has 0 aliphatic carbocycles. The molecule has 0 saturated heterocycles. The minimum Gasteiger partial charge on any atom is -0.476 e. The van der Waals surface area contributed by atoms with Gasteiger partial charge in [-0.1, -0.05) is 0 Å². The monoisotopic (exact) mass is 264 g/mol. The van der Waals surface area contributed by atoms with Gasteiger partial charge in [-0.15, -0.1) is 0 Å². The number of hydrogen-bond donors (Lipinski definition) is 3. The van der Waals surface area contributed by atoms with Gasteiger partial charge in [-0.3, -0.25) is 9.59 Å². The van der Waals surface area contributed by atoms with Gasteiger partial charge in [0.1, 0.15) is 6.29 Å². The zero-order valence-electron chi connectivity index (χ0n) is 10.2. The number of Topliss-reactive ketones (excluding diaryl/α,β-unsaturated/α-hetero) is 2. The zero-order chi connectivity index (χ0) is 15.3. The van der Waals surface area contributed by atoms with Crippen LogP contribution in [0.15, 0.2) is 0 Å². The molecule has 0 fully saturated rings. The van der Waals surface area contributed by atoms with Crippen LogP contribution in [0.2, 0.25) is 0 Å². The first kappa shape index (κ1) is 21.2. The van der Waals surface area contributed by atoms with Gasteiger partial charge in [0.25, 0.3) is 0 Å². The van der Waals surface area contributed by atoms with Crippen LogP contribution < -0.4 is 0 Å². The van der Waals surface area contributed by atoms with Gasteiger partial charge < -0.3 is 20.1 Å². The molecule has 0 aromatic carbocycles. The molecule has 8 nitrogen and oxygen atoms in total. The number of carbonyl (C=O) groups is 5. The predicted molar refractivity (Wildman–Crippen MR) is 59.0 cm³/mol. The van der Waals surface area contributed by atoms with Gasteiger partial charge >= 0.3 is 11.9 Å². The minimum atomic E-state index is -1.49. The van der Waals surface area contributed by atoms with Crippen molar-refractivity contribution < 1.29 is 39.3 Å². The third-order valence-corrected chi connectivity index (χ3v) is 1.02. The SMILES string of the molecule is CC(=O)C(=O)O.CC(O)CC(=O)C(=O)O.CC=O. The van der Waals surface area contributed by atoms with Crippen molar-refractivity contribution in [2.45, 2.75) is 33.3 Å². The molecule has 0 aromatic rings. The van der Waals surface area contributed by atoms with Crippen molar-refractivity contribution in [1.82, 2.24) is 0 Å². The fraction of sp³-hybridized carbons (Fsp3) is 0.500. The van der Waals surface area contributed by atoms with Gasteiger partial charge in [-0.2, -0.15) is 0 Å². The molecule has 8 heteroatoms. The Bertz CT molecular complexity index is 293. The van der Waals surface area contributed by atoms with Crippen molar-refractivity contribution in [3.05, 3.63) is 0 Å². The Kier molecular flexibility index (Phi) is 15.3. The van der Waals surface area contributed by atoms with E-state index in [1.807, 2.05) is 0 Å². The van der Waals surface area contributed by atoms with E-state index in [1.54, 1.807) is 0 Å². The van der Waals surface area contributed by atoms with Gasteiger partial charge in [-0.05, 0) is 13.8 Å². The first-order valence-electron chi connectivity index (χ1n) is 4.67. The third-order valence-electron chi connectivity index (χ3n) is 1.02. The van der Waals surface area contributed by atoms with Crippen LogP contribution in [-0.4, -0.2) is 51.2 Å². The van der Waals surface area contributed by atoms with Crippen molar-refractivity contribution in [3.63, 3.8) is 0 Å². The molecule has 0 amide bonds. The first-order chi connectivity index (χ1) is 8.09. The Balaban J connectivity index is -0.000000216. The molecule has 1 atom stereocenters. The van der Waals surface area contributed by atoms with E-state index in [9.17, 15) is 19.2 Å². The summed E-state index contributed by atoms with van der Waals surface area (Å²) in [5.74, 6) is -4.65. The lowest BCUT2D eigenvalue weighted by molar-refractivity contribution is -0.149. The van der Waals surface area contributed by atoms with Gasteiger partial charge in [0.15, 0.2) is 0 Å². The first-order valence-corrected chi connectivity index (χ1v) is 4.67. The van der Waals surface area contributed by atoms with Crippen LogP contribution in [0.3, 0.4) is 0 Å². The number of carboxylic acid groups (broad SMARTS) is 2. The Labute approximate surface area is 103 Å². The molecular formula is C10H16O8. The number of aliphatic hydroxyl groups is 1. The molecule has 3 N–H and O–H groups in total. The highest BCUT2D eigenvalue weighted by atomic mass is 16.4. The molecule has 0 aromatic heterocycles. The summed E-state index contributed by atoms with van der Waals surface area (Å²) in [5.41, 5.74) is 0. The van der Waals surface area contributed by atoms with E-state index in [0.717, 1.165) is 13.2 Å². The summed E-state index contributed by atoms with van der Waals surface area (Å²) in [6.07, 6.45) is -0.427. The number of aliphatic hydroxyl groups excluding tert-OH is 1. The number of ketones is 2. The largest absolute Gasteiger partial charge is 0.476 e. The fourth-order valence-corrected chi connectivity index (χ4v) is 0.356. The van der Waals surface area contributed by atoms with Gasteiger partial charge in [0, 0.05) is 13.3 Å². The topological polar surface area (TPSA) is 146 Å². The molecule has 0 rings (SSSR count). The third kappa shape index (κ3) is 23.6. The van der Waals surface area contributed by atoms with E-state index in [2.05, 4.69) is 0 Å². The molecule has 1 unspecified atom stereocenters. The maximum absolute atomic E-state index is 10.2. The summed E-state index contributed by atoms with van der Waals surface area (Å²) in [4.78, 5) is 47.7. The minimum absolute atomic E-state index is 0.310. The van der Waals surface area contributed by atoms with E-state index in [4.69, 9.17) is 20.1 Å². The molecule has 0 heterocycles. The van der Waals surface area contributed by atoms with E-state index in [0.29, 0.717) is 0 Å². The average Bonchev–Trinajstić information content (AvgIpc) is 2.18. The second kappa shape index (κ2) is 13.0. The molecule has 0 spiro atoms. The van der Waals surface area contributed by atoms with Crippen LogP contribution in [0.5, 0.6) is 0 Å². The molecule has 0 bridgehead atoms. The predicted octanol–water partition coefficient (Wildman–Crippen LogP) is -0.724. The van der Waals surface area contributed by atoms with Crippen molar-refractivity contribution in [2.75, 3.05) is 0 Å². The van der Waals surface area contributed by atoms with Gasteiger partial charge in [0.05, 0.1) is 6.10 Å². The summed E-state index contributed by atoms with van der Waals surface area (Å²) >= 11 is 0. The lowest BCUT2D eigenvalue weighted by atomic mass is 10.2. The maximum Gasteiger partial charge on any atom is 0.372 e. The van der Waals surface area contributed by atoms with Crippen LogP contribution in [0, 0.1) is 0 Å². The van der Waals surface area contributed by atoms with Gasteiger partial charge in [0.2, 0.25) is 11.6 Å². The summed E-state index contributed by atoms with van der Waals surface area (Å²) in [6.45, 7) is 3.81. The Morgan fingerprint density at radius 3 is 1.44 bits per heavy atom. The quantitative estimate of drug-likeness (QED) is 0.445. The highest BCUT2D eigenvalue weighted by Crippen LogP contribution is 1.89. The number of aliphatic carboxylic acids is 2. The van der Waals surface area contributed by atoms with Crippen LogP contribution in [0.1, 0.15) is 27.2 Å².